The molecule has 5 N–H and O–H groups in total. The largest absolute Gasteiger partial charge is 1.00 e. The molecule has 0 atom stereocenters. The number of benzene rings is 4. The Kier molecular flexibility index (Phi) is 17.7. The number of nitrogens with one attached hydrogen (secondary N) is 1. The van der Waals surface area contributed by atoms with Crippen LogP contribution in [0.2, 0.25) is 20.1 Å². The Bertz CT molecular complexity index is 1980. The van der Waals surface area contributed by atoms with Gasteiger partial charge in [0.2, 0.25) is 0 Å². The number of imidazole rings is 1. The van der Waals surface area contributed by atoms with Crippen LogP contribution in [0.15, 0.2) is 72.8 Å². The Balaban J connectivity index is 0.000000739. The Morgan fingerprint density at radius 2 is 1.18 bits per heavy atom. The molecule has 10 nitrogen and oxygen atoms in total. The molecule has 5 aromatic rings. The van der Waals surface area contributed by atoms with Crippen molar-refractivity contribution in [3.8, 4) is 22.9 Å². The Labute approximate surface area is 323 Å². The maximum absolute atomic E-state index is 12.1. The summed E-state index contributed by atoms with van der Waals surface area (Å²) in [4.78, 5) is 17.5. The smallest absolute Gasteiger partial charge is 1.00 e. The molecule has 0 aliphatic rings. The molecule has 5 rings (SSSR count). The Morgan fingerprint density at radius 3 is 1.62 bits per heavy atom. The number of anilines is 2. The van der Waals surface area contributed by atoms with Gasteiger partial charge in [-0.25, -0.2) is 4.98 Å². The molecule has 0 aliphatic heterocycles. The van der Waals surface area contributed by atoms with Crippen molar-refractivity contribution in [1.29, 1.82) is 0 Å². The van der Waals surface area contributed by atoms with Crippen molar-refractivity contribution in [2.75, 3.05) is 11.5 Å². The Hall–Kier alpha value is -3.42. The Morgan fingerprint density at radius 1 is 0.740 bits per heavy atom. The van der Waals surface area contributed by atoms with E-state index >= 15 is 0 Å². The average Bonchev–Trinajstić information content (AvgIpc) is 3.40. The molecule has 0 radical (unpaired) electrons. The molecule has 1 heterocycles. The molecule has 22 heteroatoms. The molecule has 0 amide bonds. The van der Waals surface area contributed by atoms with Crippen LogP contribution in [-0.2, 0) is 10.6 Å². The van der Waals surface area contributed by atoms with Gasteiger partial charge in [-0.05, 0) is 72.8 Å². The fourth-order valence-electron chi connectivity index (χ4n) is 3.35. The topological polar surface area (TPSA) is 167 Å². The van der Waals surface area contributed by atoms with Crippen LogP contribution in [0, 0.1) is 0 Å². The maximum Gasteiger partial charge on any atom is 1.00 e. The minimum Gasteiger partial charge on any atom is -1.00 e. The number of nitrogen functional groups attached to an aromatic ring is 2. The zero-order valence-corrected chi connectivity index (χ0v) is 30.6. The van der Waals surface area contributed by atoms with Crippen LogP contribution in [0.25, 0.3) is 22.4 Å². The van der Waals surface area contributed by atoms with Gasteiger partial charge in [-0.1, -0.05) is 46.4 Å². The number of rotatable bonds is 4. The number of nitrogens with zero attached hydrogens (tertiary/aromatic N) is 1. The number of alkyl halides is 6. The summed E-state index contributed by atoms with van der Waals surface area (Å²) < 4.78 is 104. The van der Waals surface area contributed by atoms with E-state index in [9.17, 15) is 31.1 Å². The predicted octanol–water partition coefficient (Wildman–Crippen LogP) is 6.10. The molecule has 50 heavy (non-hydrogen) atoms. The number of carbonyl (C=O) groups is 1. The third-order valence-electron chi connectivity index (χ3n) is 5.24. The van der Waals surface area contributed by atoms with E-state index < -0.39 is 23.3 Å². The number of hydrogen-bond acceptors (Lipinski definition) is 9. The standard InChI is InChI=1S/C14H7Cl2F3N2O.C8H5F3O2.C6H6Cl2N2.Na.O3S.H/c15-8-5-10(16)12-11(6-8)20-13(21-12)7-1-3-9(4-2-7)22-14(17,18)19;9-8(10,11)13-7-3-1-6(5-12)2-4-7;7-3-1-4(8)6(10)5(9)2-3;;1-4(2)3;/h1-6H,(H,20,21);1-5H;1-2H,9-10H2;;;/q;;;+1;;-1. The van der Waals surface area contributed by atoms with E-state index in [0.29, 0.717) is 65.7 Å². The summed E-state index contributed by atoms with van der Waals surface area (Å²) in [5.74, 6) is -0.163. The maximum atomic E-state index is 12.1. The minimum atomic E-state index is -4.72. The third-order valence-corrected chi connectivity index (χ3v) is 6.28. The van der Waals surface area contributed by atoms with Crippen molar-refractivity contribution in [3.05, 3.63) is 98.5 Å². The fraction of sp³-hybridized carbons (Fsp3) is 0.0714. The molecule has 1 aromatic heterocycles. The first kappa shape index (κ1) is 44.6. The van der Waals surface area contributed by atoms with Crippen molar-refractivity contribution in [3.63, 3.8) is 0 Å². The zero-order valence-electron chi connectivity index (χ0n) is 25.7. The van der Waals surface area contributed by atoms with Crippen LogP contribution < -0.4 is 50.5 Å². The van der Waals surface area contributed by atoms with Crippen LogP contribution in [0.4, 0.5) is 37.7 Å². The van der Waals surface area contributed by atoms with Crippen LogP contribution in [0.5, 0.6) is 11.5 Å². The van der Waals surface area contributed by atoms with E-state index in [1.807, 2.05) is 0 Å². The summed E-state index contributed by atoms with van der Waals surface area (Å²) in [5.41, 5.74) is 13.7. The molecule has 0 aliphatic carbocycles. The van der Waals surface area contributed by atoms with Crippen molar-refractivity contribution in [2.45, 2.75) is 12.7 Å². The number of nitrogens with two attached hydrogens (primary N) is 2. The molecule has 0 saturated heterocycles. The van der Waals surface area contributed by atoms with Gasteiger partial charge in [-0.3, -0.25) is 4.79 Å². The second kappa shape index (κ2) is 19.8. The van der Waals surface area contributed by atoms with Gasteiger partial charge in [0.1, 0.15) is 29.1 Å². The van der Waals surface area contributed by atoms with Gasteiger partial charge < -0.3 is 27.4 Å². The molecular formula is C28H19Cl4F6N4NaO6S. The summed E-state index contributed by atoms with van der Waals surface area (Å²) in [7, 11) is -3.11. The van der Waals surface area contributed by atoms with E-state index in [1.54, 1.807) is 24.3 Å². The average molecular weight is 818 g/mol. The first-order valence-corrected chi connectivity index (χ1v) is 15.0. The van der Waals surface area contributed by atoms with Crippen molar-refractivity contribution in [1.82, 2.24) is 9.97 Å². The molecule has 0 fully saturated rings. The van der Waals surface area contributed by atoms with Crippen molar-refractivity contribution >= 4 is 85.7 Å². The van der Waals surface area contributed by atoms with Crippen molar-refractivity contribution in [2.24, 2.45) is 0 Å². The van der Waals surface area contributed by atoms with E-state index in [4.69, 9.17) is 70.5 Å². The molecule has 264 valence electrons. The summed E-state index contributed by atoms with van der Waals surface area (Å²) >= 11 is 23.2. The number of fused-ring (bicyclic) bond motifs is 1. The SMILES string of the molecule is FC(F)(F)Oc1ccc(-c2nc3c(Cl)cc(Cl)cc3[nH]2)cc1.Nc1cc(Cl)cc(Cl)c1N.O=Cc1ccc(OC(F)(F)F)cc1.O=S(=O)=O.[H-].[Na+]. The van der Waals surface area contributed by atoms with Gasteiger partial charge in [0.05, 0.1) is 26.9 Å². The first-order valence-electron chi connectivity index (χ1n) is 12.5. The van der Waals surface area contributed by atoms with Gasteiger partial charge in [0.15, 0.2) is 0 Å². The normalized spacial score (nSPS) is 10.5. The number of aldehydes is 1. The molecule has 0 spiro atoms. The van der Waals surface area contributed by atoms with E-state index in [-0.39, 0.29) is 42.5 Å². The third kappa shape index (κ3) is 16.1. The number of carbonyl (C=O) groups excluding carboxylic acids is 1. The van der Waals surface area contributed by atoms with E-state index in [2.05, 4.69) is 19.4 Å². The molecule has 4 aromatic carbocycles. The van der Waals surface area contributed by atoms with Crippen molar-refractivity contribution < 1.29 is 84.2 Å². The summed E-state index contributed by atoms with van der Waals surface area (Å²) in [5, 5.41) is 1.74. The van der Waals surface area contributed by atoms with Crippen LogP contribution in [0.1, 0.15) is 11.8 Å². The second-order valence-corrected chi connectivity index (χ2v) is 10.9. The number of aromatic nitrogens is 2. The van der Waals surface area contributed by atoms with Gasteiger partial charge in [-0.2, -0.15) is 0 Å². The van der Waals surface area contributed by atoms with Crippen LogP contribution in [0.3, 0.4) is 0 Å². The molecular weight excluding hydrogens is 799 g/mol. The van der Waals surface area contributed by atoms with Crippen LogP contribution >= 0.6 is 46.4 Å². The predicted molar refractivity (Wildman–Crippen MR) is 173 cm³/mol. The molecule has 0 saturated carbocycles. The molecule has 0 unspecified atom stereocenters. The van der Waals surface area contributed by atoms with Gasteiger partial charge in [0.25, 0.3) is 0 Å². The minimum absolute atomic E-state index is 0. The number of hydrogen-bond donors (Lipinski definition) is 3. The zero-order chi connectivity index (χ0) is 37.1. The van der Waals surface area contributed by atoms with Gasteiger partial charge in [-0.15, -0.1) is 39.0 Å². The fourth-order valence-corrected chi connectivity index (χ4v) is 4.39. The molecule has 0 bridgehead atoms. The number of halogens is 10. The van der Waals surface area contributed by atoms with Gasteiger partial charge in [0, 0.05) is 21.2 Å². The number of H-pyrrole nitrogens is 1. The van der Waals surface area contributed by atoms with Gasteiger partial charge >= 0.3 is 52.9 Å². The summed E-state index contributed by atoms with van der Waals surface area (Å²) in [6.45, 7) is 0. The van der Waals surface area contributed by atoms with E-state index in [1.165, 1.54) is 36.4 Å². The second-order valence-electron chi connectivity index (χ2n) is 8.77. The summed E-state index contributed by atoms with van der Waals surface area (Å²) in [6, 6.07) is 16.3. The van der Waals surface area contributed by atoms with Crippen LogP contribution in [-0.4, -0.2) is 41.6 Å². The number of ether oxygens (including phenoxy) is 2. The quantitative estimate of drug-likeness (QED) is 0.0840. The summed E-state index contributed by atoms with van der Waals surface area (Å²) in [6.07, 6.45) is -8.87. The number of aromatic amines is 1. The first-order chi connectivity index (χ1) is 22.7. The monoisotopic (exact) mass is 816 g/mol. The van der Waals surface area contributed by atoms with E-state index in [0.717, 1.165) is 12.1 Å².